The van der Waals surface area contributed by atoms with E-state index in [2.05, 4.69) is 47.0 Å². The second-order valence-electron chi connectivity index (χ2n) is 4.00. The molecule has 100 valence electrons. The van der Waals surface area contributed by atoms with Gasteiger partial charge in [0.2, 0.25) is 0 Å². The van der Waals surface area contributed by atoms with Crippen molar-refractivity contribution in [1.82, 2.24) is 19.7 Å². The van der Waals surface area contributed by atoms with Gasteiger partial charge in [0.1, 0.15) is 0 Å². The molecule has 0 spiro atoms. The number of halogens is 2. The molecule has 3 rings (SSSR count). The number of H-pyrrole nitrogens is 1. The normalized spacial score (nSPS) is 10.7. The highest BCUT2D eigenvalue weighted by atomic mass is 79.9. The van der Waals surface area contributed by atoms with E-state index in [4.69, 9.17) is 12.2 Å². The fourth-order valence-electron chi connectivity index (χ4n) is 1.90. The van der Waals surface area contributed by atoms with Crippen molar-refractivity contribution in [3.63, 3.8) is 0 Å². The molecule has 1 N–H and O–H groups in total. The Labute approximate surface area is 137 Å². The highest BCUT2D eigenvalue weighted by molar-refractivity contribution is 9.11. The van der Waals surface area contributed by atoms with Crippen molar-refractivity contribution >= 4 is 44.1 Å². The number of aromatic amines is 1. The fourth-order valence-corrected chi connectivity index (χ4v) is 3.47. The number of benzene rings is 1. The van der Waals surface area contributed by atoms with Gasteiger partial charge in [-0.2, -0.15) is 5.10 Å². The molecule has 20 heavy (non-hydrogen) atoms. The zero-order valence-corrected chi connectivity index (χ0v) is 14.0. The van der Waals surface area contributed by atoms with Gasteiger partial charge in [0.15, 0.2) is 10.6 Å². The van der Waals surface area contributed by atoms with Gasteiger partial charge in [-0.25, -0.2) is 0 Å². The van der Waals surface area contributed by atoms with E-state index < -0.39 is 0 Å². The van der Waals surface area contributed by atoms with Crippen molar-refractivity contribution in [3.05, 3.63) is 56.4 Å². The van der Waals surface area contributed by atoms with Crippen LogP contribution in [0.2, 0.25) is 0 Å². The minimum absolute atomic E-state index is 0.524. The van der Waals surface area contributed by atoms with Crippen LogP contribution in [0, 0.1) is 4.77 Å². The minimum atomic E-state index is 0.524. The lowest BCUT2D eigenvalue weighted by atomic mass is 10.2. The summed E-state index contributed by atoms with van der Waals surface area (Å²) in [5.74, 6) is 0.718. The molecule has 1 aromatic carbocycles. The van der Waals surface area contributed by atoms with Crippen LogP contribution in [-0.2, 0) is 0 Å². The Bertz CT molecular complexity index is 790. The average Bonchev–Trinajstić information content (AvgIpc) is 2.82. The van der Waals surface area contributed by atoms with Crippen LogP contribution in [0.3, 0.4) is 0 Å². The topological polar surface area (TPSA) is 46.5 Å². The standard InChI is InChI=1S/C13H8Br2N4S/c14-9-4-1-5-10(15)11(9)19-12(17-18-13(19)20)8-3-2-6-16-7-8/h1-7H,(H,18,20). The Morgan fingerprint density at radius 3 is 2.50 bits per heavy atom. The smallest absolute Gasteiger partial charge is 0.200 e. The lowest BCUT2D eigenvalue weighted by Gasteiger charge is -2.10. The molecule has 0 radical (unpaired) electrons. The SMILES string of the molecule is S=c1[nH]nc(-c2cccnc2)n1-c1c(Br)cccc1Br. The summed E-state index contributed by atoms with van der Waals surface area (Å²) >= 11 is 12.5. The summed E-state index contributed by atoms with van der Waals surface area (Å²) < 4.78 is 4.25. The predicted molar refractivity (Wildman–Crippen MR) is 87.4 cm³/mol. The maximum atomic E-state index is 5.36. The van der Waals surface area contributed by atoms with E-state index in [0.29, 0.717) is 4.77 Å². The number of pyridine rings is 1. The Balaban J connectivity index is 2.31. The summed E-state index contributed by atoms with van der Waals surface area (Å²) in [5.41, 5.74) is 1.80. The average molecular weight is 412 g/mol. The fraction of sp³-hybridized carbons (Fsp3) is 0. The maximum Gasteiger partial charge on any atom is 0.200 e. The lowest BCUT2D eigenvalue weighted by molar-refractivity contribution is 1.02. The van der Waals surface area contributed by atoms with Gasteiger partial charge in [0.25, 0.3) is 0 Å². The number of nitrogens with one attached hydrogen (secondary N) is 1. The van der Waals surface area contributed by atoms with Crippen molar-refractivity contribution < 1.29 is 0 Å². The van der Waals surface area contributed by atoms with Gasteiger partial charge in [-0.05, 0) is 68.3 Å². The van der Waals surface area contributed by atoms with Crippen LogP contribution >= 0.6 is 44.1 Å². The van der Waals surface area contributed by atoms with E-state index in [1.54, 1.807) is 12.4 Å². The largest absolute Gasteiger partial charge is 0.266 e. The minimum Gasteiger partial charge on any atom is -0.266 e. The third-order valence-electron chi connectivity index (χ3n) is 2.75. The van der Waals surface area contributed by atoms with E-state index in [-0.39, 0.29) is 0 Å². The molecule has 2 aromatic heterocycles. The molecule has 0 fully saturated rings. The third kappa shape index (κ3) is 2.36. The van der Waals surface area contributed by atoms with Gasteiger partial charge >= 0.3 is 0 Å². The monoisotopic (exact) mass is 410 g/mol. The first-order valence-corrected chi connectivity index (χ1v) is 7.70. The quantitative estimate of drug-likeness (QED) is 0.630. The summed E-state index contributed by atoms with van der Waals surface area (Å²) in [6.45, 7) is 0. The molecule has 0 saturated heterocycles. The summed E-state index contributed by atoms with van der Waals surface area (Å²) in [6, 6.07) is 9.68. The van der Waals surface area contributed by atoms with E-state index in [9.17, 15) is 0 Å². The van der Waals surface area contributed by atoms with E-state index >= 15 is 0 Å². The zero-order chi connectivity index (χ0) is 14.1. The number of rotatable bonds is 2. The highest BCUT2D eigenvalue weighted by Gasteiger charge is 2.15. The number of hydrogen-bond acceptors (Lipinski definition) is 3. The van der Waals surface area contributed by atoms with Gasteiger partial charge in [0, 0.05) is 26.9 Å². The molecule has 2 heterocycles. The highest BCUT2D eigenvalue weighted by Crippen LogP contribution is 2.32. The lowest BCUT2D eigenvalue weighted by Crippen LogP contribution is -2.00. The van der Waals surface area contributed by atoms with E-state index in [1.165, 1.54) is 0 Å². The maximum absolute atomic E-state index is 5.36. The van der Waals surface area contributed by atoms with Gasteiger partial charge in [-0.1, -0.05) is 6.07 Å². The number of hydrogen-bond donors (Lipinski definition) is 1. The number of nitrogens with zero attached hydrogens (tertiary/aromatic N) is 3. The van der Waals surface area contributed by atoms with Crippen LogP contribution in [0.5, 0.6) is 0 Å². The molecule has 0 bridgehead atoms. The number of para-hydroxylation sites is 1. The van der Waals surface area contributed by atoms with Crippen LogP contribution in [0.4, 0.5) is 0 Å². The van der Waals surface area contributed by atoms with Crippen molar-refractivity contribution in [2.24, 2.45) is 0 Å². The summed E-state index contributed by atoms with van der Waals surface area (Å²) in [4.78, 5) is 4.13. The number of aromatic nitrogens is 4. The van der Waals surface area contributed by atoms with Gasteiger partial charge in [-0.3, -0.25) is 14.6 Å². The first-order valence-electron chi connectivity index (χ1n) is 5.70. The molecular weight excluding hydrogens is 404 g/mol. The van der Waals surface area contributed by atoms with E-state index in [1.807, 2.05) is 34.9 Å². The molecule has 0 aliphatic rings. The Hall–Kier alpha value is -1.31. The van der Waals surface area contributed by atoms with Crippen molar-refractivity contribution in [3.8, 4) is 17.1 Å². The van der Waals surface area contributed by atoms with Crippen LogP contribution < -0.4 is 0 Å². The molecule has 0 aliphatic carbocycles. The zero-order valence-electron chi connectivity index (χ0n) is 10.0. The van der Waals surface area contributed by atoms with Crippen molar-refractivity contribution in [2.75, 3.05) is 0 Å². The first kappa shape index (κ1) is 13.7. The first-order chi connectivity index (χ1) is 9.68. The van der Waals surface area contributed by atoms with E-state index in [0.717, 1.165) is 26.0 Å². The predicted octanol–water partition coefficient (Wildman–Crippen LogP) is 4.52. The molecule has 4 nitrogen and oxygen atoms in total. The summed E-state index contributed by atoms with van der Waals surface area (Å²) in [7, 11) is 0. The Kier molecular flexibility index (Phi) is 3.82. The van der Waals surface area contributed by atoms with Crippen LogP contribution in [-0.4, -0.2) is 19.7 Å². The van der Waals surface area contributed by atoms with Crippen molar-refractivity contribution in [2.45, 2.75) is 0 Å². The molecule has 0 saturated carbocycles. The second kappa shape index (κ2) is 5.59. The Morgan fingerprint density at radius 1 is 1.10 bits per heavy atom. The van der Waals surface area contributed by atoms with Gasteiger partial charge < -0.3 is 0 Å². The Morgan fingerprint density at radius 2 is 1.85 bits per heavy atom. The van der Waals surface area contributed by atoms with Crippen molar-refractivity contribution in [1.29, 1.82) is 0 Å². The van der Waals surface area contributed by atoms with Crippen LogP contribution in [0.1, 0.15) is 0 Å². The van der Waals surface area contributed by atoms with Gasteiger partial charge in [-0.15, -0.1) is 0 Å². The molecular formula is C13H8Br2N4S. The molecule has 0 amide bonds. The molecule has 3 aromatic rings. The van der Waals surface area contributed by atoms with Gasteiger partial charge in [0.05, 0.1) is 5.69 Å². The third-order valence-corrected chi connectivity index (χ3v) is 4.31. The molecule has 0 atom stereocenters. The van der Waals surface area contributed by atoms with Crippen LogP contribution in [0.25, 0.3) is 17.1 Å². The second-order valence-corrected chi connectivity index (χ2v) is 6.10. The molecule has 7 heteroatoms. The molecule has 0 unspecified atom stereocenters. The molecule has 0 aliphatic heterocycles. The summed E-state index contributed by atoms with van der Waals surface area (Å²) in [6.07, 6.45) is 3.48. The van der Waals surface area contributed by atoms with Crippen LogP contribution in [0.15, 0.2) is 51.7 Å². The summed E-state index contributed by atoms with van der Waals surface area (Å²) in [5, 5.41) is 7.14.